The highest BCUT2D eigenvalue weighted by atomic mass is 19.1. The highest BCUT2D eigenvalue weighted by Gasteiger charge is 2.20. The highest BCUT2D eigenvalue weighted by Crippen LogP contribution is 2.25. The average molecular weight is 272 g/mol. The number of hydrogen-bond acceptors (Lipinski definition) is 2. The van der Waals surface area contributed by atoms with Crippen LogP contribution in [0.4, 0.5) is 4.39 Å². The van der Waals surface area contributed by atoms with Gasteiger partial charge in [-0.1, -0.05) is 13.0 Å². The van der Waals surface area contributed by atoms with Gasteiger partial charge in [0.25, 0.3) is 0 Å². The number of nitrogens with one attached hydrogen (secondary N) is 1. The van der Waals surface area contributed by atoms with E-state index in [0.29, 0.717) is 12.3 Å². The van der Waals surface area contributed by atoms with E-state index in [4.69, 9.17) is 0 Å². The summed E-state index contributed by atoms with van der Waals surface area (Å²) in [5, 5.41) is 10.9. The summed E-state index contributed by atoms with van der Waals surface area (Å²) in [6, 6.07) is 4.96. The third-order valence-corrected chi connectivity index (χ3v) is 3.91. The van der Waals surface area contributed by atoms with E-state index in [2.05, 4.69) is 28.9 Å². The summed E-state index contributed by atoms with van der Waals surface area (Å²) in [6.45, 7) is 5.59. The molecule has 0 radical (unpaired) electrons. The zero-order chi connectivity index (χ0) is 14.1. The van der Waals surface area contributed by atoms with Gasteiger partial charge in [-0.05, 0) is 36.5 Å². The molecule has 5 heteroatoms. The molecule has 1 aromatic heterocycles. The second-order valence-electron chi connectivity index (χ2n) is 5.22. The Kier molecular flexibility index (Phi) is 3.26. The molecule has 2 heterocycles. The van der Waals surface area contributed by atoms with Crippen molar-refractivity contribution in [2.24, 2.45) is 16.1 Å². The molecular formula is C15H17FN4. The molecule has 20 heavy (non-hydrogen) atoms. The summed E-state index contributed by atoms with van der Waals surface area (Å²) in [6.07, 6.45) is 4.49. The van der Waals surface area contributed by atoms with Crippen LogP contribution in [0.2, 0.25) is 0 Å². The summed E-state index contributed by atoms with van der Waals surface area (Å²) < 4.78 is 15.4. The molecule has 4 nitrogen and oxygen atoms in total. The predicted octanol–water partition coefficient (Wildman–Crippen LogP) is 3.13. The highest BCUT2D eigenvalue weighted by molar-refractivity contribution is 5.88. The standard InChI is InChI=1S/C15H17FN4/c1-10-3-4-11-5-6-12(16)7-15(11)20-13(9-18-20)8-14(10)19-17-2/h5-7,9-10,18H,2-4,8H2,1H3/b19-14+. The molecule has 1 aliphatic rings. The van der Waals surface area contributed by atoms with Crippen molar-refractivity contribution in [3.8, 4) is 5.69 Å². The molecule has 1 aliphatic heterocycles. The minimum atomic E-state index is -0.217. The Bertz CT molecular complexity index is 665. The SMILES string of the molecule is C=N/N=C1\Cc2c[nH]n2-c2cc(F)ccc2CCC1C. The molecule has 1 aromatic carbocycles. The van der Waals surface area contributed by atoms with Crippen LogP contribution in [-0.4, -0.2) is 22.2 Å². The molecule has 1 unspecified atom stereocenters. The van der Waals surface area contributed by atoms with Crippen molar-refractivity contribution in [2.75, 3.05) is 0 Å². The van der Waals surface area contributed by atoms with Gasteiger partial charge in [-0.15, -0.1) is 0 Å². The molecule has 0 saturated heterocycles. The fourth-order valence-corrected chi connectivity index (χ4v) is 2.65. The van der Waals surface area contributed by atoms with Crippen LogP contribution in [0.5, 0.6) is 0 Å². The first kappa shape index (κ1) is 12.8. The van der Waals surface area contributed by atoms with Gasteiger partial charge in [0.1, 0.15) is 5.82 Å². The van der Waals surface area contributed by atoms with Crippen molar-refractivity contribution < 1.29 is 4.39 Å². The molecule has 3 rings (SSSR count). The number of fused-ring (bicyclic) bond motifs is 3. The minimum Gasteiger partial charge on any atom is -0.299 e. The van der Waals surface area contributed by atoms with Gasteiger partial charge >= 0.3 is 0 Å². The van der Waals surface area contributed by atoms with Crippen LogP contribution in [-0.2, 0) is 12.8 Å². The zero-order valence-corrected chi connectivity index (χ0v) is 11.4. The average Bonchev–Trinajstić information content (AvgIpc) is 2.43. The van der Waals surface area contributed by atoms with Gasteiger partial charge in [0.2, 0.25) is 0 Å². The number of aromatic nitrogens is 2. The summed E-state index contributed by atoms with van der Waals surface area (Å²) in [5.41, 5.74) is 4.13. The van der Waals surface area contributed by atoms with Crippen LogP contribution in [0.3, 0.4) is 0 Å². The lowest BCUT2D eigenvalue weighted by Crippen LogP contribution is -2.20. The van der Waals surface area contributed by atoms with E-state index >= 15 is 0 Å². The Balaban J connectivity index is 2.07. The Hall–Kier alpha value is -2.17. The molecule has 0 saturated carbocycles. The first-order valence-corrected chi connectivity index (χ1v) is 6.75. The maximum atomic E-state index is 13.5. The fourth-order valence-electron chi connectivity index (χ4n) is 2.65. The molecular weight excluding hydrogens is 255 g/mol. The Morgan fingerprint density at radius 3 is 3.00 bits per heavy atom. The van der Waals surface area contributed by atoms with Crippen molar-refractivity contribution in [3.05, 3.63) is 41.5 Å². The molecule has 2 aromatic rings. The number of aromatic amines is 1. The largest absolute Gasteiger partial charge is 0.299 e. The third-order valence-electron chi connectivity index (χ3n) is 3.91. The molecule has 0 amide bonds. The maximum absolute atomic E-state index is 13.5. The molecule has 104 valence electrons. The van der Waals surface area contributed by atoms with Crippen LogP contribution in [0.1, 0.15) is 24.6 Å². The van der Waals surface area contributed by atoms with Gasteiger partial charge in [0.15, 0.2) is 0 Å². The van der Waals surface area contributed by atoms with Crippen molar-refractivity contribution in [1.82, 2.24) is 9.78 Å². The molecule has 1 atom stereocenters. The van der Waals surface area contributed by atoms with Gasteiger partial charge in [-0.2, -0.15) is 10.2 Å². The Labute approximate surface area is 117 Å². The minimum absolute atomic E-state index is 0.217. The van der Waals surface area contributed by atoms with E-state index in [0.717, 1.165) is 35.5 Å². The van der Waals surface area contributed by atoms with Crippen LogP contribution in [0.15, 0.2) is 34.6 Å². The van der Waals surface area contributed by atoms with E-state index in [9.17, 15) is 4.39 Å². The number of benzene rings is 1. The van der Waals surface area contributed by atoms with E-state index in [1.165, 1.54) is 6.07 Å². The van der Waals surface area contributed by atoms with E-state index in [-0.39, 0.29) is 5.82 Å². The summed E-state index contributed by atoms with van der Waals surface area (Å²) in [4.78, 5) is 0. The van der Waals surface area contributed by atoms with E-state index < -0.39 is 0 Å². The van der Waals surface area contributed by atoms with Gasteiger partial charge in [-0.25, -0.2) is 4.39 Å². The number of aryl methyl sites for hydroxylation is 1. The van der Waals surface area contributed by atoms with Crippen LogP contribution < -0.4 is 0 Å². The van der Waals surface area contributed by atoms with E-state index in [1.54, 1.807) is 6.07 Å². The Morgan fingerprint density at radius 2 is 2.30 bits per heavy atom. The summed E-state index contributed by atoms with van der Waals surface area (Å²) >= 11 is 0. The lowest BCUT2D eigenvalue weighted by Gasteiger charge is -2.19. The number of hydrogen-bond donors (Lipinski definition) is 1. The summed E-state index contributed by atoms with van der Waals surface area (Å²) in [7, 11) is 0. The Morgan fingerprint density at radius 1 is 1.45 bits per heavy atom. The van der Waals surface area contributed by atoms with Crippen molar-refractivity contribution >= 4 is 12.4 Å². The van der Waals surface area contributed by atoms with Crippen molar-refractivity contribution in [2.45, 2.75) is 26.2 Å². The molecule has 1 N–H and O–H groups in total. The third kappa shape index (κ3) is 2.19. The lowest BCUT2D eigenvalue weighted by molar-refractivity contribution is 0.619. The molecule has 0 aliphatic carbocycles. The maximum Gasteiger partial charge on any atom is 0.125 e. The predicted molar refractivity (Wildman–Crippen MR) is 78.3 cm³/mol. The first-order valence-electron chi connectivity index (χ1n) is 6.75. The number of nitrogens with zero attached hydrogens (tertiary/aromatic N) is 3. The molecule has 0 spiro atoms. The zero-order valence-electron chi connectivity index (χ0n) is 11.4. The summed E-state index contributed by atoms with van der Waals surface area (Å²) in [5.74, 6) is 0.116. The second kappa shape index (κ2) is 5.07. The first-order chi connectivity index (χ1) is 9.69. The van der Waals surface area contributed by atoms with Gasteiger partial charge in [0.05, 0.1) is 11.4 Å². The van der Waals surface area contributed by atoms with Crippen LogP contribution >= 0.6 is 0 Å². The van der Waals surface area contributed by atoms with Gasteiger partial charge < -0.3 is 0 Å². The van der Waals surface area contributed by atoms with Gasteiger partial charge in [-0.3, -0.25) is 9.78 Å². The number of halogens is 1. The van der Waals surface area contributed by atoms with Crippen molar-refractivity contribution in [1.29, 1.82) is 0 Å². The van der Waals surface area contributed by atoms with Crippen LogP contribution in [0, 0.1) is 11.7 Å². The lowest BCUT2D eigenvalue weighted by atomic mass is 9.95. The van der Waals surface area contributed by atoms with Crippen LogP contribution in [0.25, 0.3) is 5.69 Å². The second-order valence-corrected chi connectivity index (χ2v) is 5.22. The van der Waals surface area contributed by atoms with Gasteiger partial charge in [0, 0.05) is 25.0 Å². The van der Waals surface area contributed by atoms with Crippen molar-refractivity contribution in [3.63, 3.8) is 0 Å². The number of H-pyrrole nitrogens is 1. The molecule has 0 bridgehead atoms. The smallest absolute Gasteiger partial charge is 0.125 e. The fraction of sp³-hybridized carbons (Fsp3) is 0.333. The van der Waals surface area contributed by atoms with E-state index in [1.807, 2.05) is 16.9 Å². The number of rotatable bonds is 1. The normalized spacial score (nSPS) is 20.7. The topological polar surface area (TPSA) is 45.4 Å². The quantitative estimate of drug-likeness (QED) is 0.612. The monoisotopic (exact) mass is 272 g/mol. The molecule has 0 fully saturated rings.